The third kappa shape index (κ3) is 5.45. The number of rotatable bonds is 8. The molecule has 2 rings (SSSR count). The fraction of sp³-hybridized carbons (Fsp3) is 0.278. The molecule has 2 aromatic rings. The van der Waals surface area contributed by atoms with E-state index in [2.05, 4.69) is 5.32 Å². The molecule has 0 aliphatic carbocycles. The number of methoxy groups -OCH3 is 2. The zero-order chi connectivity index (χ0) is 17.4. The van der Waals surface area contributed by atoms with Gasteiger partial charge in [0.1, 0.15) is 5.82 Å². The standard InChI is InChI=1S/C18H20FNO3S/c1-22-16-8-5-14(9-17(16)23-2)10-20-18(21)12-24-11-13-3-6-15(19)7-4-13/h3-9H,10-12H2,1-2H3,(H,20,21). The fourth-order valence-electron chi connectivity index (χ4n) is 2.08. The van der Waals surface area contributed by atoms with Crippen molar-refractivity contribution in [3.63, 3.8) is 0 Å². The molecule has 1 amide bonds. The molecule has 0 atom stereocenters. The van der Waals surface area contributed by atoms with Crippen molar-refractivity contribution in [1.82, 2.24) is 5.32 Å². The van der Waals surface area contributed by atoms with Crippen molar-refractivity contribution in [1.29, 1.82) is 0 Å². The number of carbonyl (C=O) groups excluding carboxylic acids is 1. The Balaban J connectivity index is 1.75. The summed E-state index contributed by atoms with van der Waals surface area (Å²) < 4.78 is 23.2. The summed E-state index contributed by atoms with van der Waals surface area (Å²) in [6, 6.07) is 11.8. The summed E-state index contributed by atoms with van der Waals surface area (Å²) in [6.45, 7) is 0.427. The van der Waals surface area contributed by atoms with Crippen LogP contribution in [0.1, 0.15) is 11.1 Å². The molecule has 0 unspecified atom stereocenters. The van der Waals surface area contributed by atoms with Crippen LogP contribution in [0, 0.1) is 5.82 Å². The highest BCUT2D eigenvalue weighted by Crippen LogP contribution is 2.27. The summed E-state index contributed by atoms with van der Waals surface area (Å²) in [4.78, 5) is 11.9. The van der Waals surface area contributed by atoms with Gasteiger partial charge in [0, 0.05) is 12.3 Å². The summed E-state index contributed by atoms with van der Waals surface area (Å²) in [7, 11) is 3.16. The van der Waals surface area contributed by atoms with Gasteiger partial charge in [-0.05, 0) is 35.4 Å². The lowest BCUT2D eigenvalue weighted by Crippen LogP contribution is -2.24. The molecule has 0 radical (unpaired) electrons. The van der Waals surface area contributed by atoms with Crippen molar-refractivity contribution in [2.75, 3.05) is 20.0 Å². The molecular weight excluding hydrogens is 329 g/mol. The van der Waals surface area contributed by atoms with E-state index in [1.54, 1.807) is 26.4 Å². The van der Waals surface area contributed by atoms with Gasteiger partial charge in [-0.2, -0.15) is 0 Å². The minimum atomic E-state index is -0.253. The van der Waals surface area contributed by atoms with Crippen LogP contribution < -0.4 is 14.8 Å². The van der Waals surface area contributed by atoms with Crippen LogP contribution in [-0.2, 0) is 17.1 Å². The summed E-state index contributed by atoms with van der Waals surface area (Å²) in [5.41, 5.74) is 1.93. The minimum Gasteiger partial charge on any atom is -0.493 e. The van der Waals surface area contributed by atoms with E-state index < -0.39 is 0 Å². The van der Waals surface area contributed by atoms with Crippen molar-refractivity contribution in [3.05, 3.63) is 59.4 Å². The molecule has 0 fully saturated rings. The molecule has 2 aromatic carbocycles. The average Bonchev–Trinajstić information content (AvgIpc) is 2.61. The van der Waals surface area contributed by atoms with Crippen LogP contribution in [0.4, 0.5) is 4.39 Å². The molecule has 24 heavy (non-hydrogen) atoms. The van der Waals surface area contributed by atoms with Crippen LogP contribution in [0.3, 0.4) is 0 Å². The van der Waals surface area contributed by atoms with Crippen LogP contribution in [0.25, 0.3) is 0 Å². The van der Waals surface area contributed by atoms with E-state index in [1.807, 2.05) is 18.2 Å². The number of nitrogens with one attached hydrogen (secondary N) is 1. The topological polar surface area (TPSA) is 47.6 Å². The van der Waals surface area contributed by atoms with E-state index in [-0.39, 0.29) is 11.7 Å². The maximum Gasteiger partial charge on any atom is 0.230 e. The molecule has 0 spiro atoms. The number of halogens is 1. The largest absolute Gasteiger partial charge is 0.493 e. The molecule has 0 saturated carbocycles. The number of carbonyl (C=O) groups is 1. The quantitative estimate of drug-likeness (QED) is 0.794. The zero-order valence-electron chi connectivity index (χ0n) is 13.7. The SMILES string of the molecule is COc1ccc(CNC(=O)CSCc2ccc(F)cc2)cc1OC. The van der Waals surface area contributed by atoms with E-state index in [9.17, 15) is 9.18 Å². The highest BCUT2D eigenvalue weighted by molar-refractivity contribution is 7.99. The van der Waals surface area contributed by atoms with Gasteiger partial charge in [-0.25, -0.2) is 4.39 Å². The Morgan fingerprint density at radius 3 is 2.38 bits per heavy atom. The van der Waals surface area contributed by atoms with Gasteiger partial charge in [-0.15, -0.1) is 11.8 Å². The van der Waals surface area contributed by atoms with E-state index in [1.165, 1.54) is 23.9 Å². The van der Waals surface area contributed by atoms with Crippen molar-refractivity contribution in [3.8, 4) is 11.5 Å². The van der Waals surface area contributed by atoms with Crippen LogP contribution in [0.5, 0.6) is 11.5 Å². The minimum absolute atomic E-state index is 0.0445. The second kappa shape index (κ2) is 9.17. The maximum absolute atomic E-state index is 12.8. The molecule has 1 N–H and O–H groups in total. The van der Waals surface area contributed by atoms with Crippen LogP contribution >= 0.6 is 11.8 Å². The summed E-state index contributed by atoms with van der Waals surface area (Å²) in [5, 5.41) is 2.87. The number of ether oxygens (including phenoxy) is 2. The van der Waals surface area contributed by atoms with Gasteiger partial charge in [-0.1, -0.05) is 18.2 Å². The van der Waals surface area contributed by atoms with Gasteiger partial charge in [0.05, 0.1) is 20.0 Å². The smallest absolute Gasteiger partial charge is 0.230 e. The van der Waals surface area contributed by atoms with E-state index in [0.29, 0.717) is 29.5 Å². The third-order valence-corrected chi connectivity index (χ3v) is 4.36. The van der Waals surface area contributed by atoms with Crippen molar-refractivity contribution < 1.29 is 18.7 Å². The first kappa shape index (κ1) is 18.1. The van der Waals surface area contributed by atoms with Gasteiger partial charge in [0.25, 0.3) is 0 Å². The Morgan fingerprint density at radius 2 is 1.71 bits per heavy atom. The Hall–Kier alpha value is -2.21. The van der Waals surface area contributed by atoms with E-state index in [4.69, 9.17) is 9.47 Å². The first-order valence-electron chi connectivity index (χ1n) is 7.42. The van der Waals surface area contributed by atoms with Gasteiger partial charge in [0.15, 0.2) is 11.5 Å². The molecule has 4 nitrogen and oxygen atoms in total. The second-order valence-corrected chi connectivity index (χ2v) is 6.07. The fourth-order valence-corrected chi connectivity index (χ4v) is 2.90. The van der Waals surface area contributed by atoms with Gasteiger partial charge in [-0.3, -0.25) is 4.79 Å². The van der Waals surface area contributed by atoms with Gasteiger partial charge >= 0.3 is 0 Å². The third-order valence-electron chi connectivity index (χ3n) is 3.35. The molecule has 0 aromatic heterocycles. The predicted molar refractivity (Wildman–Crippen MR) is 94.0 cm³/mol. The second-order valence-electron chi connectivity index (χ2n) is 5.09. The normalized spacial score (nSPS) is 10.3. The average molecular weight is 349 g/mol. The number of hydrogen-bond acceptors (Lipinski definition) is 4. The van der Waals surface area contributed by atoms with Crippen LogP contribution in [0.15, 0.2) is 42.5 Å². The maximum atomic E-state index is 12.8. The molecule has 0 saturated heterocycles. The molecule has 0 aliphatic heterocycles. The highest BCUT2D eigenvalue weighted by atomic mass is 32.2. The van der Waals surface area contributed by atoms with Crippen molar-refractivity contribution >= 4 is 17.7 Å². The van der Waals surface area contributed by atoms with E-state index in [0.717, 1.165) is 11.1 Å². The Kier molecular flexibility index (Phi) is 6.93. The Labute approximate surface area is 145 Å². The zero-order valence-corrected chi connectivity index (χ0v) is 14.5. The van der Waals surface area contributed by atoms with Crippen LogP contribution in [0.2, 0.25) is 0 Å². The lowest BCUT2D eigenvalue weighted by Gasteiger charge is -2.10. The highest BCUT2D eigenvalue weighted by Gasteiger charge is 2.06. The van der Waals surface area contributed by atoms with Crippen molar-refractivity contribution in [2.45, 2.75) is 12.3 Å². The number of benzene rings is 2. The first-order valence-corrected chi connectivity index (χ1v) is 8.57. The lowest BCUT2D eigenvalue weighted by molar-refractivity contribution is -0.118. The molecule has 128 valence electrons. The molecule has 6 heteroatoms. The van der Waals surface area contributed by atoms with Gasteiger partial charge < -0.3 is 14.8 Å². The molecule has 0 heterocycles. The predicted octanol–water partition coefficient (Wildman–Crippen LogP) is 3.39. The van der Waals surface area contributed by atoms with Crippen LogP contribution in [-0.4, -0.2) is 25.9 Å². The van der Waals surface area contributed by atoms with Crippen molar-refractivity contribution in [2.24, 2.45) is 0 Å². The summed E-state index contributed by atoms with van der Waals surface area (Å²) in [6.07, 6.45) is 0. The summed E-state index contributed by atoms with van der Waals surface area (Å²) >= 11 is 1.49. The number of thioether (sulfide) groups is 1. The Bertz CT molecular complexity index is 676. The molecule has 0 bridgehead atoms. The number of hydrogen-bond donors (Lipinski definition) is 1. The van der Waals surface area contributed by atoms with E-state index >= 15 is 0 Å². The molecule has 0 aliphatic rings. The summed E-state index contributed by atoms with van der Waals surface area (Å²) in [5.74, 6) is 2.01. The lowest BCUT2D eigenvalue weighted by atomic mass is 10.2. The molecular formula is C18H20FNO3S. The Morgan fingerprint density at radius 1 is 1.04 bits per heavy atom. The van der Waals surface area contributed by atoms with Gasteiger partial charge in [0.2, 0.25) is 5.91 Å². The first-order chi connectivity index (χ1) is 11.6. The number of amides is 1. The monoisotopic (exact) mass is 349 g/mol.